The van der Waals surface area contributed by atoms with E-state index in [-0.39, 0.29) is 5.75 Å². The summed E-state index contributed by atoms with van der Waals surface area (Å²) < 4.78 is 23.5. The zero-order valence-corrected chi connectivity index (χ0v) is 8.00. The molecule has 0 spiro atoms. The molecule has 0 aliphatic rings. The molecule has 0 saturated heterocycles. The molecule has 0 saturated carbocycles. The molecule has 0 aliphatic heterocycles. The largest absolute Gasteiger partial charge is 0.337 e. The van der Waals surface area contributed by atoms with Crippen molar-refractivity contribution < 1.29 is 8.42 Å². The normalized spacial score (nSPS) is 11.8. The summed E-state index contributed by atoms with van der Waals surface area (Å²) in [5.74, 6) is 0.0278. The van der Waals surface area contributed by atoms with Crippen LogP contribution >= 0.6 is 0 Å². The number of aryl methyl sites for hydroxylation is 1. The number of hydrogen-bond donors (Lipinski definition) is 0. The van der Waals surface area contributed by atoms with Gasteiger partial charge in [0.15, 0.2) is 9.84 Å². The van der Waals surface area contributed by atoms with Crippen LogP contribution in [-0.4, -0.2) is 24.2 Å². The first-order chi connectivity index (χ1) is 5.51. The number of imidazole rings is 1. The molecule has 0 aromatic carbocycles. The van der Waals surface area contributed by atoms with Crippen LogP contribution in [0.3, 0.4) is 0 Å². The molecular formula is C7H12N2O2S. The summed E-state index contributed by atoms with van der Waals surface area (Å²) >= 11 is 0. The van der Waals surface area contributed by atoms with E-state index in [0.29, 0.717) is 5.69 Å². The molecule has 1 heterocycles. The third kappa shape index (κ3) is 2.65. The molecule has 0 bridgehead atoms. The van der Waals surface area contributed by atoms with Gasteiger partial charge in [-0.2, -0.15) is 0 Å². The van der Waals surface area contributed by atoms with Gasteiger partial charge in [0.1, 0.15) is 0 Å². The third-order valence-corrected chi connectivity index (χ3v) is 2.28. The topological polar surface area (TPSA) is 52.0 Å². The first kappa shape index (κ1) is 9.25. The van der Waals surface area contributed by atoms with Crippen molar-refractivity contribution in [1.82, 2.24) is 9.55 Å². The summed E-state index contributed by atoms with van der Waals surface area (Å²) in [5, 5.41) is 0. The van der Waals surface area contributed by atoms with Crippen molar-refractivity contribution in [3.63, 3.8) is 0 Å². The van der Waals surface area contributed by atoms with Crippen molar-refractivity contribution in [3.8, 4) is 0 Å². The first-order valence-electron chi connectivity index (χ1n) is 3.69. The second-order valence-corrected chi connectivity index (χ2v) is 4.91. The van der Waals surface area contributed by atoms with Gasteiger partial charge in [-0.05, 0) is 6.92 Å². The van der Waals surface area contributed by atoms with Gasteiger partial charge in [-0.3, -0.25) is 0 Å². The van der Waals surface area contributed by atoms with E-state index in [1.54, 1.807) is 12.5 Å². The van der Waals surface area contributed by atoms with Crippen molar-refractivity contribution in [2.24, 2.45) is 0 Å². The third-order valence-electron chi connectivity index (χ3n) is 1.46. The Morgan fingerprint density at radius 1 is 1.58 bits per heavy atom. The fraction of sp³-hybridized carbons (Fsp3) is 0.571. The number of aromatic nitrogens is 2. The average molecular weight is 188 g/mol. The average Bonchev–Trinajstić information content (AvgIpc) is 2.32. The van der Waals surface area contributed by atoms with Crippen LogP contribution in [0.1, 0.15) is 12.6 Å². The highest BCUT2D eigenvalue weighted by Gasteiger charge is 2.06. The number of rotatable bonds is 3. The van der Waals surface area contributed by atoms with E-state index in [4.69, 9.17) is 0 Å². The first-order valence-corrected chi connectivity index (χ1v) is 5.75. The van der Waals surface area contributed by atoms with Crippen molar-refractivity contribution in [1.29, 1.82) is 0 Å². The molecule has 5 heteroatoms. The zero-order chi connectivity index (χ0) is 9.19. The van der Waals surface area contributed by atoms with Crippen LogP contribution in [0.2, 0.25) is 0 Å². The Morgan fingerprint density at radius 2 is 2.25 bits per heavy atom. The van der Waals surface area contributed by atoms with E-state index in [1.807, 2.05) is 11.5 Å². The Morgan fingerprint density at radius 3 is 2.67 bits per heavy atom. The van der Waals surface area contributed by atoms with Gasteiger partial charge in [-0.25, -0.2) is 13.4 Å². The maximum Gasteiger partial charge on any atom is 0.153 e. The Balaban J connectivity index is 2.78. The van der Waals surface area contributed by atoms with Crippen LogP contribution < -0.4 is 0 Å². The smallest absolute Gasteiger partial charge is 0.153 e. The minimum Gasteiger partial charge on any atom is -0.337 e. The van der Waals surface area contributed by atoms with Crippen molar-refractivity contribution in [2.45, 2.75) is 19.2 Å². The quantitative estimate of drug-likeness (QED) is 0.692. The molecule has 0 N–H and O–H groups in total. The minimum atomic E-state index is -2.95. The molecule has 1 aromatic heterocycles. The summed E-state index contributed by atoms with van der Waals surface area (Å²) in [6.45, 7) is 2.79. The Labute approximate surface area is 72.2 Å². The molecule has 1 rings (SSSR count). The second-order valence-electron chi connectivity index (χ2n) is 2.77. The number of nitrogens with zero attached hydrogens (tertiary/aromatic N) is 2. The summed E-state index contributed by atoms with van der Waals surface area (Å²) in [7, 11) is -2.95. The van der Waals surface area contributed by atoms with Gasteiger partial charge < -0.3 is 4.57 Å². The molecule has 0 fully saturated rings. The van der Waals surface area contributed by atoms with Crippen LogP contribution in [0.25, 0.3) is 0 Å². The van der Waals surface area contributed by atoms with E-state index in [0.717, 1.165) is 6.54 Å². The molecule has 0 radical (unpaired) electrons. The van der Waals surface area contributed by atoms with Crippen molar-refractivity contribution >= 4 is 9.84 Å². The lowest BCUT2D eigenvalue weighted by Crippen LogP contribution is -2.00. The van der Waals surface area contributed by atoms with E-state index < -0.39 is 9.84 Å². The fourth-order valence-corrected chi connectivity index (χ4v) is 1.61. The van der Waals surface area contributed by atoms with Gasteiger partial charge in [0.05, 0.1) is 17.8 Å². The zero-order valence-electron chi connectivity index (χ0n) is 7.19. The van der Waals surface area contributed by atoms with Gasteiger partial charge in [0.2, 0.25) is 0 Å². The van der Waals surface area contributed by atoms with Crippen LogP contribution in [0.15, 0.2) is 12.5 Å². The van der Waals surface area contributed by atoms with E-state index in [1.165, 1.54) is 6.26 Å². The van der Waals surface area contributed by atoms with Crippen LogP contribution in [0.4, 0.5) is 0 Å². The molecule has 0 unspecified atom stereocenters. The fourth-order valence-electron chi connectivity index (χ4n) is 0.922. The van der Waals surface area contributed by atoms with E-state index >= 15 is 0 Å². The maximum atomic E-state index is 10.8. The highest BCUT2D eigenvalue weighted by atomic mass is 32.2. The van der Waals surface area contributed by atoms with Gasteiger partial charge in [-0.15, -0.1) is 0 Å². The lowest BCUT2D eigenvalue weighted by atomic mass is 10.5. The standard InChI is InChI=1S/C7H12N2O2S/c1-3-9-4-7(8-6-9)5-12(2,10)11/h4,6H,3,5H2,1-2H3. The highest BCUT2D eigenvalue weighted by molar-refractivity contribution is 7.89. The number of hydrogen-bond acceptors (Lipinski definition) is 3. The predicted octanol–water partition coefficient (Wildman–Crippen LogP) is 0.448. The molecule has 12 heavy (non-hydrogen) atoms. The van der Waals surface area contributed by atoms with Crippen molar-refractivity contribution in [2.75, 3.05) is 6.26 Å². The summed E-state index contributed by atoms with van der Waals surface area (Å²) in [6, 6.07) is 0. The summed E-state index contributed by atoms with van der Waals surface area (Å²) in [5.41, 5.74) is 0.611. The van der Waals surface area contributed by atoms with Gasteiger partial charge in [-0.1, -0.05) is 0 Å². The maximum absolute atomic E-state index is 10.8. The van der Waals surface area contributed by atoms with Crippen molar-refractivity contribution in [3.05, 3.63) is 18.2 Å². The highest BCUT2D eigenvalue weighted by Crippen LogP contribution is 2.01. The second kappa shape index (κ2) is 3.26. The van der Waals surface area contributed by atoms with Gasteiger partial charge in [0.25, 0.3) is 0 Å². The summed E-state index contributed by atoms with van der Waals surface area (Å²) in [4.78, 5) is 3.96. The SMILES string of the molecule is CCn1cnc(CS(C)(=O)=O)c1. The van der Waals surface area contributed by atoms with E-state index in [2.05, 4.69) is 4.98 Å². The molecular weight excluding hydrogens is 176 g/mol. The molecule has 68 valence electrons. The Hall–Kier alpha value is -0.840. The van der Waals surface area contributed by atoms with Gasteiger partial charge >= 0.3 is 0 Å². The molecule has 1 aromatic rings. The van der Waals surface area contributed by atoms with Crippen LogP contribution in [0, 0.1) is 0 Å². The van der Waals surface area contributed by atoms with Gasteiger partial charge in [0, 0.05) is 19.0 Å². The monoisotopic (exact) mass is 188 g/mol. The Kier molecular flexibility index (Phi) is 2.52. The van der Waals surface area contributed by atoms with Crippen LogP contribution in [-0.2, 0) is 22.1 Å². The molecule has 4 nitrogen and oxygen atoms in total. The minimum absolute atomic E-state index is 0.0278. The van der Waals surface area contributed by atoms with E-state index in [9.17, 15) is 8.42 Å². The lowest BCUT2D eigenvalue weighted by Gasteiger charge is -1.92. The molecule has 0 aliphatic carbocycles. The predicted molar refractivity (Wildman–Crippen MR) is 46.4 cm³/mol. The summed E-state index contributed by atoms with van der Waals surface area (Å²) in [6.07, 6.45) is 4.60. The Bertz CT molecular complexity index is 353. The molecule has 0 amide bonds. The van der Waals surface area contributed by atoms with Crippen LogP contribution in [0.5, 0.6) is 0 Å². The molecule has 0 atom stereocenters. The lowest BCUT2D eigenvalue weighted by molar-refractivity contribution is 0.600. The number of sulfone groups is 1.